The fraction of sp³-hybridized carbons (Fsp3) is 1.00. The van der Waals surface area contributed by atoms with Crippen LogP contribution in [0.5, 0.6) is 0 Å². The molecule has 0 saturated carbocycles. The van der Waals surface area contributed by atoms with Crippen LogP contribution in [0.25, 0.3) is 0 Å². The van der Waals surface area contributed by atoms with Crippen molar-refractivity contribution in [1.29, 1.82) is 0 Å². The van der Waals surface area contributed by atoms with E-state index < -0.39 is 25.8 Å². The fourth-order valence-corrected chi connectivity index (χ4v) is 2.01. The fourth-order valence-electron chi connectivity index (χ4n) is 0.671. The van der Waals surface area contributed by atoms with Gasteiger partial charge in [-0.2, -0.15) is 0 Å². The van der Waals surface area contributed by atoms with Crippen LogP contribution in [0.4, 0.5) is 0 Å². The van der Waals surface area contributed by atoms with Crippen molar-refractivity contribution in [1.82, 2.24) is 0 Å². The Labute approximate surface area is 157 Å². The molecule has 0 radical (unpaired) electrons. The van der Waals surface area contributed by atoms with Crippen LogP contribution in [-0.4, -0.2) is 64.0 Å². The summed E-state index contributed by atoms with van der Waals surface area (Å²) in [7, 11) is 15.2. The van der Waals surface area contributed by atoms with E-state index in [1.165, 1.54) is 0 Å². The molecule has 0 aliphatic heterocycles. The van der Waals surface area contributed by atoms with E-state index in [0.29, 0.717) is 0 Å². The van der Waals surface area contributed by atoms with Crippen molar-refractivity contribution in [3.8, 4) is 0 Å². The Balaban J connectivity index is -0.000000111. The van der Waals surface area contributed by atoms with Crippen LogP contribution < -0.4 is 0 Å². The van der Waals surface area contributed by atoms with Crippen molar-refractivity contribution in [3.63, 3.8) is 0 Å². The molecule has 0 saturated heterocycles. The summed E-state index contributed by atoms with van der Waals surface area (Å²) in [6.07, 6.45) is 0. The molecule has 0 amide bonds. The average Bonchev–Trinajstić information content (AvgIpc) is 2.62. The molecule has 0 aromatic heterocycles. The predicted octanol–water partition coefficient (Wildman–Crippen LogP) is 4.14. The van der Waals surface area contributed by atoms with Gasteiger partial charge in [0, 0.05) is 64.0 Å². The van der Waals surface area contributed by atoms with Crippen LogP contribution in [0.15, 0.2) is 0 Å². The maximum atomic E-state index is 4.67. The van der Waals surface area contributed by atoms with Crippen LogP contribution in [0, 0.1) is 0 Å². The Morgan fingerprint density at radius 2 is 0.478 bits per heavy atom. The van der Waals surface area contributed by atoms with E-state index in [1.807, 2.05) is 17.3 Å². The molecule has 0 rings (SSSR count). The first-order chi connectivity index (χ1) is 11.0. The van der Waals surface area contributed by atoms with E-state index >= 15 is 0 Å². The van der Waals surface area contributed by atoms with Crippen LogP contribution in [0.2, 0.25) is 0 Å². The molecule has 0 atom stereocenters. The van der Waals surface area contributed by atoms with Gasteiger partial charge in [-0.15, -0.1) is 0 Å². The molecule has 0 unspecified atom stereocenters. The summed E-state index contributed by atoms with van der Waals surface area (Å²) in [5.74, 6) is 0. The Hall–Kier alpha value is 1.84. The van der Waals surface area contributed by atoms with Crippen molar-refractivity contribution in [2.45, 2.75) is 0 Å². The summed E-state index contributed by atoms with van der Waals surface area (Å²) in [6, 6.07) is 0. The third kappa shape index (κ3) is 28.9. The summed E-state index contributed by atoms with van der Waals surface area (Å²) in [5, 5.41) is 0. The van der Waals surface area contributed by atoms with Gasteiger partial charge in [-0.3, -0.25) is 0 Å². The molecule has 0 aliphatic carbocycles. The molecule has 0 N–H and O–H groups in total. The number of halogens is 1. The number of hydrogen-bond acceptors (Lipinski definition) is 9. The molecule has 0 fully saturated rings. The topological polar surface area (TPSA) is 83.1 Å². The summed E-state index contributed by atoms with van der Waals surface area (Å²) in [4.78, 5) is 0. The van der Waals surface area contributed by atoms with Crippen molar-refractivity contribution in [2.24, 2.45) is 0 Å². The van der Waals surface area contributed by atoms with Gasteiger partial charge in [-0.05, 0) is 0 Å². The van der Waals surface area contributed by atoms with E-state index in [1.54, 1.807) is 64.0 Å². The van der Waals surface area contributed by atoms with Crippen LogP contribution in [0.3, 0.4) is 0 Å². The minimum atomic E-state index is -1.05. The van der Waals surface area contributed by atoms with Gasteiger partial charge in [0.05, 0.1) is 0 Å². The van der Waals surface area contributed by atoms with E-state index in [0.717, 1.165) is 0 Å². The van der Waals surface area contributed by atoms with Gasteiger partial charge in [-0.1, -0.05) is 0 Å². The Bertz CT molecular complexity index is 135. The van der Waals surface area contributed by atoms with Crippen molar-refractivity contribution in [2.75, 3.05) is 64.0 Å². The molecule has 0 heterocycles. The third-order valence-corrected chi connectivity index (χ3v) is 4.02. The molecule has 0 aromatic carbocycles. The average molecular weight is 511 g/mol. The minimum absolute atomic E-state index is 1.05. The third-order valence-electron chi connectivity index (χ3n) is 1.34. The molecule has 0 bridgehead atoms. The maximum absolute atomic E-state index is 4.67. The van der Waals surface area contributed by atoms with Gasteiger partial charge in [0.1, 0.15) is 0 Å². The molecule has 148 valence electrons. The standard InChI is InChI=1S/3C3H9O3P.ClH.Rh/c3*1-4-7(5-2)6-3;;/h3*1-3H3;1H;/q;;;;+1/p-1. The summed E-state index contributed by atoms with van der Waals surface area (Å²) in [6.45, 7) is 0. The molecule has 9 nitrogen and oxygen atoms in total. The SMILES string of the molecule is COP(OC)OC.COP(OC)OC.COP(OC)OC.[Cl][Rh]. The zero-order valence-corrected chi connectivity index (χ0v) is 19.8. The predicted molar refractivity (Wildman–Crippen MR) is 89.7 cm³/mol. The second-order valence-electron chi connectivity index (χ2n) is 2.31. The summed E-state index contributed by atoms with van der Waals surface area (Å²) in [5.41, 5.74) is 0. The Morgan fingerprint density at radius 3 is 0.478 bits per heavy atom. The molecular weight excluding hydrogens is 483 g/mol. The summed E-state index contributed by atoms with van der Waals surface area (Å²) >= 11 is 2.02. The van der Waals surface area contributed by atoms with Gasteiger partial charge in [-0.25, -0.2) is 0 Å². The van der Waals surface area contributed by atoms with Crippen LogP contribution in [-0.2, 0) is 58.0 Å². The number of hydrogen-bond donors (Lipinski definition) is 0. The van der Waals surface area contributed by atoms with Crippen molar-refractivity contribution < 1.29 is 58.0 Å². The first kappa shape index (κ1) is 32.5. The van der Waals surface area contributed by atoms with Crippen molar-refractivity contribution in [3.05, 3.63) is 0 Å². The first-order valence-corrected chi connectivity index (χ1v) is 10.8. The Morgan fingerprint density at radius 1 is 0.391 bits per heavy atom. The van der Waals surface area contributed by atoms with Crippen LogP contribution in [0.1, 0.15) is 0 Å². The van der Waals surface area contributed by atoms with E-state index in [4.69, 9.17) is 0 Å². The molecule has 23 heavy (non-hydrogen) atoms. The monoisotopic (exact) mass is 510 g/mol. The van der Waals surface area contributed by atoms with E-state index in [9.17, 15) is 0 Å². The van der Waals surface area contributed by atoms with Gasteiger partial charge < -0.3 is 40.7 Å². The van der Waals surface area contributed by atoms with Crippen molar-refractivity contribution >= 4 is 35.5 Å². The number of rotatable bonds is 9. The van der Waals surface area contributed by atoms with E-state index in [2.05, 4.69) is 50.4 Å². The molecular formula is C9H27ClO9P3Rh. The normalized spacial score (nSPS) is 9.70. The summed E-state index contributed by atoms with van der Waals surface area (Å²) < 4.78 is 42.0. The van der Waals surface area contributed by atoms with Gasteiger partial charge >= 0.3 is 52.8 Å². The zero-order chi connectivity index (χ0) is 19.1. The quantitative estimate of drug-likeness (QED) is 0.336. The molecule has 0 aliphatic rings. The van der Waals surface area contributed by atoms with Gasteiger partial charge in [0.2, 0.25) is 0 Å². The Kier molecular flexibility index (Phi) is 44.7. The van der Waals surface area contributed by atoms with Gasteiger partial charge in [0.25, 0.3) is 0 Å². The first-order valence-electron chi connectivity index (χ1n) is 5.44. The van der Waals surface area contributed by atoms with Gasteiger partial charge in [0.15, 0.2) is 0 Å². The van der Waals surface area contributed by atoms with Crippen LogP contribution >= 0.6 is 35.5 Å². The second-order valence-corrected chi connectivity index (χ2v) is 6.94. The molecule has 14 heteroatoms. The second kappa shape index (κ2) is 31.6. The molecule has 0 spiro atoms. The molecule has 0 aromatic rings. The zero-order valence-electron chi connectivity index (χ0n) is 14.7. The van der Waals surface area contributed by atoms with E-state index in [-0.39, 0.29) is 0 Å².